The van der Waals surface area contributed by atoms with Crippen LogP contribution in [0.25, 0.3) is 0 Å². The van der Waals surface area contributed by atoms with E-state index < -0.39 is 6.10 Å². The first-order chi connectivity index (χ1) is 34.5. The monoisotopic (exact) mass is 977 g/mol. The van der Waals surface area contributed by atoms with Gasteiger partial charge in [-0.3, -0.25) is 14.4 Å². The van der Waals surface area contributed by atoms with Crippen LogP contribution in [0.4, 0.5) is 0 Å². The van der Waals surface area contributed by atoms with Gasteiger partial charge in [0.2, 0.25) is 0 Å². The molecule has 0 saturated carbocycles. The standard InChI is InChI=1S/C64H112O6/c1-4-7-10-13-16-19-21-23-25-27-29-30-31-32-33-34-36-37-39-41-43-45-48-51-54-57-63(66)69-60-61(59-68-62(65)56-53-50-47-18-15-12-9-6-3)70-64(67)58-55-52-49-46-44-42-40-38-35-28-26-24-22-20-17-14-11-8-5-2/h7,10,16,19,23,25,29-30,32-33,36-37,61H,4-6,8-9,11-15,17-18,20-22,24,26-28,31,34-35,38-60H2,1-3H3/b10-7-,19-16-,25-23-,30-29-,33-32-,37-36-. The third-order valence-corrected chi connectivity index (χ3v) is 13.0. The predicted octanol–water partition coefficient (Wildman–Crippen LogP) is 20.2. The zero-order valence-electron chi connectivity index (χ0n) is 46.3. The molecular weight excluding hydrogens is 865 g/mol. The minimum atomic E-state index is -0.777. The van der Waals surface area contributed by atoms with Gasteiger partial charge in [-0.2, -0.15) is 0 Å². The molecule has 0 fully saturated rings. The van der Waals surface area contributed by atoms with Gasteiger partial charge in [-0.1, -0.05) is 280 Å². The van der Waals surface area contributed by atoms with Crippen LogP contribution in [0, 0.1) is 0 Å². The molecule has 0 aliphatic carbocycles. The topological polar surface area (TPSA) is 78.9 Å². The molecule has 70 heavy (non-hydrogen) atoms. The van der Waals surface area contributed by atoms with E-state index in [0.29, 0.717) is 19.3 Å². The van der Waals surface area contributed by atoms with Crippen molar-refractivity contribution >= 4 is 17.9 Å². The van der Waals surface area contributed by atoms with Gasteiger partial charge in [0.25, 0.3) is 0 Å². The molecule has 0 spiro atoms. The van der Waals surface area contributed by atoms with Crippen molar-refractivity contribution in [2.24, 2.45) is 0 Å². The van der Waals surface area contributed by atoms with E-state index in [-0.39, 0.29) is 31.1 Å². The molecule has 0 aromatic heterocycles. The number of hydrogen-bond acceptors (Lipinski definition) is 6. The summed E-state index contributed by atoms with van der Waals surface area (Å²) in [5.41, 5.74) is 0. The van der Waals surface area contributed by atoms with Crippen LogP contribution in [-0.4, -0.2) is 37.2 Å². The molecule has 6 heteroatoms. The van der Waals surface area contributed by atoms with Crippen molar-refractivity contribution < 1.29 is 28.6 Å². The molecular formula is C64H112O6. The Hall–Kier alpha value is -3.15. The molecule has 0 aliphatic rings. The van der Waals surface area contributed by atoms with E-state index in [1.165, 1.54) is 154 Å². The summed E-state index contributed by atoms with van der Waals surface area (Å²) in [6.45, 7) is 6.51. The van der Waals surface area contributed by atoms with Crippen LogP contribution < -0.4 is 0 Å². The van der Waals surface area contributed by atoms with Gasteiger partial charge in [0, 0.05) is 19.3 Å². The second-order valence-electron chi connectivity index (χ2n) is 19.9. The van der Waals surface area contributed by atoms with Gasteiger partial charge in [0.05, 0.1) is 0 Å². The quantitative estimate of drug-likeness (QED) is 0.0261. The fourth-order valence-electron chi connectivity index (χ4n) is 8.51. The zero-order valence-corrected chi connectivity index (χ0v) is 46.3. The third kappa shape index (κ3) is 55.8. The smallest absolute Gasteiger partial charge is 0.306 e. The van der Waals surface area contributed by atoms with Crippen molar-refractivity contribution in [1.29, 1.82) is 0 Å². The molecule has 0 radical (unpaired) electrons. The lowest BCUT2D eigenvalue weighted by Gasteiger charge is -2.18. The molecule has 0 saturated heterocycles. The number of rotatable bonds is 54. The van der Waals surface area contributed by atoms with Gasteiger partial charge in [0.15, 0.2) is 6.10 Å². The van der Waals surface area contributed by atoms with Crippen LogP contribution in [0.3, 0.4) is 0 Å². The van der Waals surface area contributed by atoms with Gasteiger partial charge in [-0.15, -0.1) is 0 Å². The van der Waals surface area contributed by atoms with E-state index in [2.05, 4.69) is 93.7 Å². The molecule has 404 valence electrons. The number of allylic oxidation sites excluding steroid dienone is 12. The Morgan fingerprint density at radius 1 is 0.300 bits per heavy atom. The minimum Gasteiger partial charge on any atom is -0.462 e. The SMILES string of the molecule is CC/C=C\C/C=C\C/C=C\C/C=C\C/C=C\C/C=C\CCCCCCCCC(=O)OCC(COC(=O)CCCCCCCCCC)OC(=O)CCCCCCCCCCCCCCCCCCCCC. The van der Waals surface area contributed by atoms with Gasteiger partial charge in [-0.25, -0.2) is 0 Å². The first kappa shape index (κ1) is 66.9. The predicted molar refractivity (Wildman–Crippen MR) is 302 cm³/mol. The Morgan fingerprint density at radius 3 is 0.871 bits per heavy atom. The fourth-order valence-corrected chi connectivity index (χ4v) is 8.51. The van der Waals surface area contributed by atoms with Crippen LogP contribution in [-0.2, 0) is 28.6 Å². The highest BCUT2D eigenvalue weighted by molar-refractivity contribution is 5.71. The molecule has 0 heterocycles. The first-order valence-corrected chi connectivity index (χ1v) is 29.9. The average molecular weight is 978 g/mol. The number of unbranched alkanes of at least 4 members (excludes halogenated alkanes) is 31. The largest absolute Gasteiger partial charge is 0.462 e. The van der Waals surface area contributed by atoms with Crippen LogP contribution in [0.2, 0.25) is 0 Å². The van der Waals surface area contributed by atoms with Gasteiger partial charge >= 0.3 is 17.9 Å². The second kappa shape index (κ2) is 58.4. The molecule has 0 rings (SSSR count). The van der Waals surface area contributed by atoms with E-state index in [0.717, 1.165) is 103 Å². The maximum atomic E-state index is 12.8. The van der Waals surface area contributed by atoms with Crippen molar-refractivity contribution in [2.45, 2.75) is 303 Å². The third-order valence-electron chi connectivity index (χ3n) is 13.0. The van der Waals surface area contributed by atoms with Gasteiger partial charge < -0.3 is 14.2 Å². The molecule has 0 N–H and O–H groups in total. The molecule has 0 amide bonds. The molecule has 1 atom stereocenters. The Kier molecular flexibility index (Phi) is 55.8. The number of carbonyl (C=O) groups is 3. The highest BCUT2D eigenvalue weighted by Crippen LogP contribution is 2.16. The molecule has 1 unspecified atom stereocenters. The molecule has 0 bridgehead atoms. The molecule has 0 aromatic rings. The average Bonchev–Trinajstić information content (AvgIpc) is 3.36. The molecule has 0 aromatic carbocycles. The highest BCUT2D eigenvalue weighted by atomic mass is 16.6. The van der Waals surface area contributed by atoms with E-state index >= 15 is 0 Å². The summed E-state index contributed by atoms with van der Waals surface area (Å²) >= 11 is 0. The second-order valence-corrected chi connectivity index (χ2v) is 19.9. The number of esters is 3. The van der Waals surface area contributed by atoms with Crippen LogP contribution >= 0.6 is 0 Å². The lowest BCUT2D eigenvalue weighted by Crippen LogP contribution is -2.30. The Labute approximate surface area is 433 Å². The van der Waals surface area contributed by atoms with Crippen molar-refractivity contribution in [3.05, 3.63) is 72.9 Å². The normalized spacial score (nSPS) is 12.6. The van der Waals surface area contributed by atoms with Crippen molar-refractivity contribution in [2.75, 3.05) is 13.2 Å². The summed E-state index contributed by atoms with van der Waals surface area (Å²) in [5.74, 6) is -0.884. The van der Waals surface area contributed by atoms with Gasteiger partial charge in [0.1, 0.15) is 13.2 Å². The zero-order chi connectivity index (χ0) is 50.7. The number of carbonyl (C=O) groups excluding carboxylic acids is 3. The van der Waals surface area contributed by atoms with Crippen LogP contribution in [0.5, 0.6) is 0 Å². The summed E-state index contributed by atoms with van der Waals surface area (Å²) in [7, 11) is 0. The lowest BCUT2D eigenvalue weighted by molar-refractivity contribution is -0.167. The van der Waals surface area contributed by atoms with Crippen molar-refractivity contribution in [3.8, 4) is 0 Å². The lowest BCUT2D eigenvalue weighted by atomic mass is 10.0. The van der Waals surface area contributed by atoms with E-state index in [1.54, 1.807) is 0 Å². The molecule has 0 aliphatic heterocycles. The summed E-state index contributed by atoms with van der Waals surface area (Å²) in [6.07, 6.45) is 74.8. The van der Waals surface area contributed by atoms with E-state index in [9.17, 15) is 14.4 Å². The summed E-state index contributed by atoms with van der Waals surface area (Å²) < 4.78 is 16.8. The van der Waals surface area contributed by atoms with E-state index in [4.69, 9.17) is 14.2 Å². The highest BCUT2D eigenvalue weighted by Gasteiger charge is 2.19. The maximum absolute atomic E-state index is 12.8. The fraction of sp³-hybridized carbons (Fsp3) is 0.766. The van der Waals surface area contributed by atoms with E-state index in [1.807, 2.05) is 0 Å². The van der Waals surface area contributed by atoms with Crippen LogP contribution in [0.1, 0.15) is 297 Å². The Bertz CT molecular complexity index is 1310. The Morgan fingerprint density at radius 2 is 0.557 bits per heavy atom. The molecule has 6 nitrogen and oxygen atoms in total. The summed E-state index contributed by atoms with van der Waals surface area (Å²) in [4.78, 5) is 38.1. The summed E-state index contributed by atoms with van der Waals surface area (Å²) in [5, 5.41) is 0. The number of ether oxygens (including phenoxy) is 3. The minimum absolute atomic E-state index is 0.0768. The summed E-state index contributed by atoms with van der Waals surface area (Å²) in [6, 6.07) is 0. The van der Waals surface area contributed by atoms with Crippen molar-refractivity contribution in [3.63, 3.8) is 0 Å². The number of hydrogen-bond donors (Lipinski definition) is 0. The van der Waals surface area contributed by atoms with Gasteiger partial charge in [-0.05, 0) is 70.6 Å². The van der Waals surface area contributed by atoms with Crippen molar-refractivity contribution in [1.82, 2.24) is 0 Å². The Balaban J connectivity index is 4.23. The first-order valence-electron chi connectivity index (χ1n) is 29.9. The van der Waals surface area contributed by atoms with Crippen LogP contribution in [0.15, 0.2) is 72.9 Å². The maximum Gasteiger partial charge on any atom is 0.306 e.